The van der Waals surface area contributed by atoms with Crippen LogP contribution in [0.3, 0.4) is 0 Å². The molecule has 2 unspecified atom stereocenters. The number of rotatable bonds is 10. The summed E-state index contributed by atoms with van der Waals surface area (Å²) in [5.41, 5.74) is -0.975. The lowest BCUT2D eigenvalue weighted by molar-refractivity contribution is -0.148. The van der Waals surface area contributed by atoms with E-state index in [-0.39, 0.29) is 24.4 Å². The molecule has 1 aliphatic rings. The van der Waals surface area contributed by atoms with Crippen molar-refractivity contribution in [2.24, 2.45) is 5.41 Å². The molecule has 4 atom stereocenters. The van der Waals surface area contributed by atoms with E-state index < -0.39 is 43.3 Å². The predicted octanol–water partition coefficient (Wildman–Crippen LogP) is 3.07. The third-order valence-electron chi connectivity index (χ3n) is 4.95. The fourth-order valence-electron chi connectivity index (χ4n) is 3.10. The van der Waals surface area contributed by atoms with Crippen LogP contribution in [0.2, 0.25) is 0 Å². The number of nitrogens with one attached hydrogen (secondary N) is 2. The Balaban J connectivity index is 1.68. The zero-order chi connectivity index (χ0) is 26.5. The van der Waals surface area contributed by atoms with Crippen molar-refractivity contribution in [3.05, 3.63) is 75.1 Å². The molecule has 0 aliphatic carbocycles. The Labute approximate surface area is 209 Å². The second kappa shape index (κ2) is 11.4. The number of hydrogen-bond donors (Lipinski definition) is 2. The number of nitrogens with zero attached hydrogens (tertiary/aromatic N) is 1. The molecule has 0 radical (unpaired) electrons. The number of hydrogen-bond acceptors (Lipinski definition) is 8. The van der Waals surface area contributed by atoms with Crippen LogP contribution >= 0.6 is 7.75 Å². The van der Waals surface area contributed by atoms with Gasteiger partial charge in [0.05, 0.1) is 13.2 Å². The third-order valence-corrected chi connectivity index (χ3v) is 6.60. The molecule has 1 aliphatic heterocycles. The van der Waals surface area contributed by atoms with Crippen LogP contribution in [0.25, 0.3) is 0 Å². The first-order valence-corrected chi connectivity index (χ1v) is 13.0. The van der Waals surface area contributed by atoms with Crippen molar-refractivity contribution in [1.82, 2.24) is 14.6 Å². The van der Waals surface area contributed by atoms with Crippen molar-refractivity contribution < 1.29 is 27.9 Å². The van der Waals surface area contributed by atoms with Crippen molar-refractivity contribution in [3.8, 4) is 5.75 Å². The summed E-state index contributed by atoms with van der Waals surface area (Å²) in [4.78, 5) is 38.5. The molecule has 0 fully saturated rings. The molecule has 3 rings (SSSR count). The predicted molar refractivity (Wildman–Crippen MR) is 133 cm³/mol. The Morgan fingerprint density at radius 3 is 2.58 bits per heavy atom. The van der Waals surface area contributed by atoms with Gasteiger partial charge in [-0.25, -0.2) is 9.36 Å². The summed E-state index contributed by atoms with van der Waals surface area (Å²) in [6, 6.07) is 7.41. The topological polar surface area (TPSA) is 138 Å². The zero-order valence-corrected chi connectivity index (χ0v) is 21.8. The number of H-pyrrole nitrogens is 1. The Kier molecular flexibility index (Phi) is 8.73. The minimum atomic E-state index is -4.06. The number of aromatic nitrogens is 2. The number of ether oxygens (including phenoxy) is 2. The van der Waals surface area contributed by atoms with Gasteiger partial charge in [0, 0.05) is 11.8 Å². The first-order valence-electron chi connectivity index (χ1n) is 11.4. The van der Waals surface area contributed by atoms with Crippen molar-refractivity contribution in [2.45, 2.75) is 53.0 Å². The van der Waals surface area contributed by atoms with Crippen LogP contribution in [-0.4, -0.2) is 40.9 Å². The monoisotopic (exact) mass is 521 g/mol. The Hall–Kier alpha value is -2.98. The van der Waals surface area contributed by atoms with E-state index in [4.69, 9.17) is 18.5 Å². The highest BCUT2D eigenvalue weighted by atomic mass is 31.2. The molecule has 2 heterocycles. The average Bonchev–Trinajstić information content (AvgIpc) is 3.27. The van der Waals surface area contributed by atoms with Crippen LogP contribution in [0.15, 0.2) is 58.3 Å². The number of carbonyl (C=O) groups excluding carboxylic acids is 1. The highest BCUT2D eigenvalue weighted by Gasteiger charge is 2.34. The van der Waals surface area contributed by atoms with Crippen LogP contribution in [-0.2, 0) is 23.4 Å². The van der Waals surface area contributed by atoms with Crippen molar-refractivity contribution in [2.75, 3.05) is 13.2 Å². The molecule has 196 valence electrons. The summed E-state index contributed by atoms with van der Waals surface area (Å²) in [5.74, 6) is -0.324. The minimum Gasteiger partial charge on any atom is -0.464 e. The fourth-order valence-corrected chi connectivity index (χ4v) is 4.60. The maximum atomic E-state index is 13.6. The van der Waals surface area contributed by atoms with Gasteiger partial charge in [-0.05, 0) is 37.5 Å². The van der Waals surface area contributed by atoms with Crippen molar-refractivity contribution in [3.63, 3.8) is 0 Å². The summed E-state index contributed by atoms with van der Waals surface area (Å²) >= 11 is 0. The van der Waals surface area contributed by atoms with Gasteiger partial charge in [0.25, 0.3) is 5.56 Å². The van der Waals surface area contributed by atoms with E-state index in [1.807, 2.05) is 20.8 Å². The SMILES string of the molecule is Cc1cn([C@H]2C=C[C@@H](COP(=O)(NC(C)C(=O)OCC(C)(C)C)Oc3ccccc3)O2)c(=O)[nH]c1=O. The maximum absolute atomic E-state index is 13.6. The number of benzene rings is 1. The zero-order valence-electron chi connectivity index (χ0n) is 20.9. The summed E-state index contributed by atoms with van der Waals surface area (Å²) < 4.78 is 37.2. The molecule has 2 N–H and O–H groups in total. The van der Waals surface area contributed by atoms with Gasteiger partial charge in [0.2, 0.25) is 0 Å². The molecule has 1 aromatic carbocycles. The summed E-state index contributed by atoms with van der Waals surface area (Å²) in [5, 5.41) is 2.63. The van der Waals surface area contributed by atoms with E-state index in [9.17, 15) is 18.9 Å². The van der Waals surface area contributed by atoms with Gasteiger partial charge in [-0.3, -0.25) is 23.7 Å². The first-order chi connectivity index (χ1) is 16.8. The standard InChI is InChI=1S/C24H32N3O8P/c1-16-13-27(23(30)25-21(16)28)20-12-11-19(34-20)14-33-36(31,35-18-9-7-6-8-10-18)26-17(2)22(29)32-15-24(3,4)5/h6-13,17,19-20H,14-15H2,1-5H3,(H,26,31)(H,25,28,30)/t17?,19-,20+,36?/m0/s1. The lowest BCUT2D eigenvalue weighted by Crippen LogP contribution is -2.37. The van der Waals surface area contributed by atoms with Crippen LogP contribution in [0, 0.1) is 12.3 Å². The maximum Gasteiger partial charge on any atom is 0.459 e. The molecule has 0 spiro atoms. The molecule has 0 saturated heterocycles. The largest absolute Gasteiger partial charge is 0.464 e. The molecule has 12 heteroatoms. The number of carbonyl (C=O) groups is 1. The van der Waals surface area contributed by atoms with E-state index >= 15 is 0 Å². The van der Waals surface area contributed by atoms with Crippen molar-refractivity contribution >= 4 is 13.7 Å². The van der Waals surface area contributed by atoms with E-state index in [0.29, 0.717) is 5.56 Å². The number of esters is 1. The van der Waals surface area contributed by atoms with Gasteiger partial charge in [0.15, 0.2) is 6.23 Å². The fraction of sp³-hybridized carbons (Fsp3) is 0.458. The molecule has 0 amide bonds. The van der Waals surface area contributed by atoms with Gasteiger partial charge in [-0.2, -0.15) is 5.09 Å². The smallest absolute Gasteiger partial charge is 0.459 e. The molecule has 11 nitrogen and oxygen atoms in total. The number of aromatic amines is 1. The van der Waals surface area contributed by atoms with Crippen LogP contribution in [0.1, 0.15) is 39.5 Å². The molecule has 1 aromatic heterocycles. The van der Waals surface area contributed by atoms with Crippen LogP contribution in [0.5, 0.6) is 5.75 Å². The molecule has 0 saturated carbocycles. The Morgan fingerprint density at radius 2 is 1.92 bits per heavy atom. The molecular formula is C24H32N3O8P. The quantitative estimate of drug-likeness (QED) is 0.274. The number of para-hydroxylation sites is 1. The van der Waals surface area contributed by atoms with E-state index in [2.05, 4.69) is 10.1 Å². The van der Waals surface area contributed by atoms with Gasteiger partial charge >= 0.3 is 19.4 Å². The van der Waals surface area contributed by atoms with Gasteiger partial charge in [-0.15, -0.1) is 0 Å². The number of aryl methyl sites for hydroxylation is 1. The second-order valence-corrected chi connectivity index (χ2v) is 11.3. The Bertz CT molecular complexity index is 1250. The van der Waals surface area contributed by atoms with Gasteiger partial charge < -0.3 is 14.0 Å². The van der Waals surface area contributed by atoms with E-state index in [0.717, 1.165) is 0 Å². The molecule has 0 bridgehead atoms. The summed E-state index contributed by atoms with van der Waals surface area (Å²) in [6.45, 7) is 8.84. The lowest BCUT2D eigenvalue weighted by Gasteiger charge is -2.25. The van der Waals surface area contributed by atoms with Gasteiger partial charge in [0.1, 0.15) is 17.9 Å². The van der Waals surface area contributed by atoms with Crippen LogP contribution in [0.4, 0.5) is 0 Å². The molecule has 36 heavy (non-hydrogen) atoms. The average molecular weight is 522 g/mol. The second-order valence-electron chi connectivity index (χ2n) is 9.65. The molecule has 2 aromatic rings. The minimum absolute atomic E-state index is 0.189. The molecular weight excluding hydrogens is 489 g/mol. The highest BCUT2D eigenvalue weighted by Crippen LogP contribution is 2.45. The third kappa shape index (κ3) is 7.76. The summed E-state index contributed by atoms with van der Waals surface area (Å²) in [7, 11) is -4.06. The lowest BCUT2D eigenvalue weighted by atomic mass is 9.99. The Morgan fingerprint density at radius 1 is 1.22 bits per heavy atom. The first kappa shape index (κ1) is 27.6. The summed E-state index contributed by atoms with van der Waals surface area (Å²) in [6.07, 6.45) is 3.21. The van der Waals surface area contributed by atoms with Gasteiger partial charge in [-0.1, -0.05) is 45.0 Å². The van der Waals surface area contributed by atoms with E-state index in [1.165, 1.54) is 17.7 Å². The van der Waals surface area contributed by atoms with Crippen LogP contribution < -0.4 is 20.9 Å². The van der Waals surface area contributed by atoms with E-state index in [1.54, 1.807) is 49.4 Å². The van der Waals surface area contributed by atoms with Crippen molar-refractivity contribution in [1.29, 1.82) is 0 Å². The normalized spacial score (nSPS) is 20.0. The highest BCUT2D eigenvalue weighted by molar-refractivity contribution is 7.52.